The van der Waals surface area contributed by atoms with Crippen molar-refractivity contribution in [1.82, 2.24) is 0 Å². The molecule has 1 amide bonds. The maximum atomic E-state index is 11.6. The molecule has 1 aliphatic rings. The molecule has 0 bridgehead atoms. The minimum Gasteiger partial charge on any atom is -0.490 e. The van der Waals surface area contributed by atoms with Crippen molar-refractivity contribution < 1.29 is 23.9 Å². The number of nitrogens with zero attached hydrogens (tertiary/aromatic N) is 1. The first kappa shape index (κ1) is 19.0. The highest BCUT2D eigenvalue weighted by molar-refractivity contribution is 5.65. The van der Waals surface area contributed by atoms with Crippen LogP contribution < -0.4 is 10.5 Å². The number of amides is 1. The maximum absolute atomic E-state index is 11.6. The molecule has 0 radical (unpaired) electrons. The van der Waals surface area contributed by atoms with Crippen molar-refractivity contribution in [2.45, 2.75) is 51.7 Å². The molecule has 0 atom stereocenters. The summed E-state index contributed by atoms with van der Waals surface area (Å²) in [6, 6.07) is 3.24. The molecule has 2 rings (SSSR count). The van der Waals surface area contributed by atoms with E-state index in [2.05, 4.69) is 0 Å². The second-order valence-electron chi connectivity index (χ2n) is 7.02. The van der Waals surface area contributed by atoms with Crippen molar-refractivity contribution in [2.75, 3.05) is 13.2 Å². The smallest absolute Gasteiger partial charge is 0.404 e. The molecule has 1 saturated heterocycles. The van der Waals surface area contributed by atoms with E-state index in [0.717, 1.165) is 12.8 Å². The SMILES string of the molecule is CC(C)(C)c1cc(OC2CCOCC2)cc(COC(N)=O)c1[N+](=O)[O-]. The van der Waals surface area contributed by atoms with E-state index in [4.69, 9.17) is 19.9 Å². The third kappa shape index (κ3) is 5.06. The summed E-state index contributed by atoms with van der Waals surface area (Å²) < 4.78 is 16.1. The molecule has 1 fully saturated rings. The third-order valence-electron chi connectivity index (χ3n) is 3.99. The molecule has 0 aromatic heterocycles. The molecule has 8 heteroatoms. The number of primary amides is 1. The van der Waals surface area contributed by atoms with E-state index in [-0.39, 0.29) is 24.0 Å². The number of nitrogens with two attached hydrogens (primary N) is 1. The van der Waals surface area contributed by atoms with Crippen LogP contribution in [0.5, 0.6) is 5.75 Å². The van der Waals surface area contributed by atoms with Gasteiger partial charge >= 0.3 is 6.09 Å². The highest BCUT2D eigenvalue weighted by Gasteiger charge is 2.30. The van der Waals surface area contributed by atoms with Crippen LogP contribution in [-0.2, 0) is 21.5 Å². The predicted octanol–water partition coefficient (Wildman–Crippen LogP) is 3.05. The average Bonchev–Trinajstić information content (AvgIpc) is 2.52. The molecule has 1 aromatic carbocycles. The number of rotatable bonds is 5. The first-order valence-electron chi connectivity index (χ1n) is 8.17. The molecule has 1 aromatic rings. The fourth-order valence-corrected chi connectivity index (χ4v) is 2.77. The molecule has 0 aliphatic carbocycles. The number of carbonyl (C=O) groups is 1. The standard InChI is InChI=1S/C17H24N2O6/c1-17(2,3)14-9-13(25-12-4-6-23-7-5-12)8-11(10-24-16(18)20)15(14)19(21)22/h8-9,12H,4-7,10H2,1-3H3,(H2,18,20). The number of hydrogen-bond donors (Lipinski definition) is 1. The summed E-state index contributed by atoms with van der Waals surface area (Å²) in [5.74, 6) is 0.519. The molecule has 0 spiro atoms. The normalized spacial score (nSPS) is 15.6. The maximum Gasteiger partial charge on any atom is 0.404 e. The fraction of sp³-hybridized carbons (Fsp3) is 0.588. The predicted molar refractivity (Wildman–Crippen MR) is 90.6 cm³/mol. The van der Waals surface area contributed by atoms with Crippen molar-refractivity contribution in [2.24, 2.45) is 5.73 Å². The zero-order chi connectivity index (χ0) is 18.6. The zero-order valence-electron chi connectivity index (χ0n) is 14.7. The van der Waals surface area contributed by atoms with Crippen molar-refractivity contribution in [1.29, 1.82) is 0 Å². The Labute approximate surface area is 146 Å². The van der Waals surface area contributed by atoms with Crippen LogP contribution in [0.3, 0.4) is 0 Å². The Kier molecular flexibility index (Phi) is 5.84. The number of nitro benzene ring substituents is 1. The van der Waals surface area contributed by atoms with Crippen LogP contribution in [0.15, 0.2) is 12.1 Å². The van der Waals surface area contributed by atoms with Gasteiger partial charge in [0.1, 0.15) is 18.5 Å². The number of benzene rings is 1. The van der Waals surface area contributed by atoms with E-state index >= 15 is 0 Å². The van der Waals surface area contributed by atoms with Gasteiger partial charge in [-0.05, 0) is 17.5 Å². The summed E-state index contributed by atoms with van der Waals surface area (Å²) in [5.41, 5.74) is 5.22. The van der Waals surface area contributed by atoms with Crippen molar-refractivity contribution in [3.05, 3.63) is 33.4 Å². The molecule has 0 unspecified atom stereocenters. The average molecular weight is 352 g/mol. The summed E-state index contributed by atoms with van der Waals surface area (Å²) in [6.45, 7) is 6.62. The van der Waals surface area contributed by atoms with Gasteiger partial charge in [-0.3, -0.25) is 10.1 Å². The van der Waals surface area contributed by atoms with Gasteiger partial charge < -0.3 is 19.9 Å². The number of hydrogen-bond acceptors (Lipinski definition) is 6. The lowest BCUT2D eigenvalue weighted by Gasteiger charge is -2.26. The number of carbonyl (C=O) groups excluding carboxylic acids is 1. The lowest BCUT2D eigenvalue weighted by Crippen LogP contribution is -2.26. The minimum atomic E-state index is -0.984. The second-order valence-corrected chi connectivity index (χ2v) is 7.02. The van der Waals surface area contributed by atoms with Crippen molar-refractivity contribution in [3.63, 3.8) is 0 Å². The van der Waals surface area contributed by atoms with E-state index in [1.807, 2.05) is 20.8 Å². The Morgan fingerprint density at radius 3 is 2.52 bits per heavy atom. The highest BCUT2D eigenvalue weighted by atomic mass is 16.6. The number of ether oxygens (including phenoxy) is 3. The van der Waals surface area contributed by atoms with E-state index in [1.54, 1.807) is 12.1 Å². The zero-order valence-corrected chi connectivity index (χ0v) is 14.7. The largest absolute Gasteiger partial charge is 0.490 e. The van der Waals surface area contributed by atoms with Gasteiger partial charge in [-0.15, -0.1) is 0 Å². The molecule has 1 heterocycles. The summed E-state index contributed by atoms with van der Waals surface area (Å²) in [5, 5.41) is 11.6. The van der Waals surface area contributed by atoms with Gasteiger partial charge in [0.05, 0.1) is 23.7 Å². The van der Waals surface area contributed by atoms with E-state index in [0.29, 0.717) is 24.5 Å². The van der Waals surface area contributed by atoms with Gasteiger partial charge in [0, 0.05) is 18.4 Å². The first-order valence-corrected chi connectivity index (χ1v) is 8.17. The van der Waals surface area contributed by atoms with E-state index in [9.17, 15) is 14.9 Å². The van der Waals surface area contributed by atoms with Crippen LogP contribution in [0.4, 0.5) is 10.5 Å². The number of nitro groups is 1. The molecular formula is C17H24N2O6. The van der Waals surface area contributed by atoms with Crippen LogP contribution >= 0.6 is 0 Å². The van der Waals surface area contributed by atoms with Crippen LogP contribution in [-0.4, -0.2) is 30.3 Å². The topological polar surface area (TPSA) is 114 Å². The lowest BCUT2D eigenvalue weighted by atomic mass is 9.84. The Bertz CT molecular complexity index is 647. The summed E-state index contributed by atoms with van der Waals surface area (Å²) >= 11 is 0. The lowest BCUT2D eigenvalue weighted by molar-refractivity contribution is -0.387. The van der Waals surface area contributed by atoms with Gasteiger partial charge in [0.25, 0.3) is 5.69 Å². The van der Waals surface area contributed by atoms with Crippen molar-refractivity contribution in [3.8, 4) is 5.75 Å². The Hall–Kier alpha value is -2.35. The molecule has 8 nitrogen and oxygen atoms in total. The third-order valence-corrected chi connectivity index (χ3v) is 3.99. The van der Waals surface area contributed by atoms with Crippen LogP contribution in [0.2, 0.25) is 0 Å². The van der Waals surface area contributed by atoms with Crippen LogP contribution in [0.25, 0.3) is 0 Å². The monoisotopic (exact) mass is 352 g/mol. The van der Waals surface area contributed by atoms with E-state index < -0.39 is 16.4 Å². The van der Waals surface area contributed by atoms with Gasteiger partial charge in [0.15, 0.2) is 0 Å². The summed E-state index contributed by atoms with van der Waals surface area (Å²) in [4.78, 5) is 22.1. The molecule has 1 aliphatic heterocycles. The molecule has 25 heavy (non-hydrogen) atoms. The second kappa shape index (κ2) is 7.69. The molecular weight excluding hydrogens is 328 g/mol. The van der Waals surface area contributed by atoms with Gasteiger partial charge in [0.2, 0.25) is 0 Å². The van der Waals surface area contributed by atoms with Gasteiger partial charge in [-0.2, -0.15) is 0 Å². The quantitative estimate of drug-likeness (QED) is 0.643. The summed E-state index contributed by atoms with van der Waals surface area (Å²) in [6.07, 6.45) is 0.527. The van der Waals surface area contributed by atoms with E-state index in [1.165, 1.54) is 0 Å². The van der Waals surface area contributed by atoms with Crippen LogP contribution in [0.1, 0.15) is 44.7 Å². The van der Waals surface area contributed by atoms with Crippen LogP contribution in [0, 0.1) is 10.1 Å². The fourth-order valence-electron chi connectivity index (χ4n) is 2.77. The highest BCUT2D eigenvalue weighted by Crippen LogP contribution is 2.38. The summed E-state index contributed by atoms with van der Waals surface area (Å²) in [7, 11) is 0. The van der Waals surface area contributed by atoms with Gasteiger partial charge in [-0.1, -0.05) is 20.8 Å². The van der Waals surface area contributed by atoms with Gasteiger partial charge in [-0.25, -0.2) is 4.79 Å². The molecule has 0 saturated carbocycles. The Morgan fingerprint density at radius 1 is 1.36 bits per heavy atom. The van der Waals surface area contributed by atoms with Crippen molar-refractivity contribution >= 4 is 11.8 Å². The molecule has 138 valence electrons. The Morgan fingerprint density at radius 2 is 2.00 bits per heavy atom. The molecule has 2 N–H and O–H groups in total. The minimum absolute atomic E-state index is 0.00654. The first-order chi connectivity index (χ1) is 11.7. The Balaban J connectivity index is 2.43.